The monoisotopic (exact) mass is 389 g/mol. The second kappa shape index (κ2) is 6.52. The van der Waals surface area contributed by atoms with Crippen LogP contribution in [0.3, 0.4) is 0 Å². The lowest BCUT2D eigenvalue weighted by Gasteiger charge is -2.25. The second-order valence-electron chi connectivity index (χ2n) is 5.23. The molecule has 0 radical (unpaired) electrons. The summed E-state index contributed by atoms with van der Waals surface area (Å²) in [6.45, 7) is 5.32. The highest BCUT2D eigenvalue weighted by atomic mass is 79.9. The van der Waals surface area contributed by atoms with Crippen molar-refractivity contribution in [2.24, 2.45) is 0 Å². The van der Waals surface area contributed by atoms with Gasteiger partial charge in [0.15, 0.2) is 0 Å². The number of rotatable bonds is 5. The molecule has 2 aromatic rings. The van der Waals surface area contributed by atoms with Crippen LogP contribution < -0.4 is 0 Å². The molecule has 0 amide bonds. The lowest BCUT2D eigenvalue weighted by Crippen LogP contribution is -2.36. The van der Waals surface area contributed by atoms with Gasteiger partial charge in [-0.3, -0.25) is 0 Å². The van der Waals surface area contributed by atoms with Gasteiger partial charge in [0.2, 0.25) is 10.0 Å². The van der Waals surface area contributed by atoms with Gasteiger partial charge in [-0.05, 0) is 51.1 Å². The number of sulfonamides is 1. The molecule has 0 bridgehead atoms. The molecule has 0 spiro atoms. The number of benzene rings is 1. The van der Waals surface area contributed by atoms with E-state index in [2.05, 4.69) is 15.9 Å². The highest BCUT2D eigenvalue weighted by Crippen LogP contribution is 2.26. The van der Waals surface area contributed by atoms with Gasteiger partial charge in [-0.25, -0.2) is 12.8 Å². The summed E-state index contributed by atoms with van der Waals surface area (Å²) >= 11 is 3.18. The van der Waals surface area contributed by atoms with E-state index in [0.29, 0.717) is 16.0 Å². The van der Waals surface area contributed by atoms with Gasteiger partial charge in [0.1, 0.15) is 22.2 Å². The molecule has 4 nitrogen and oxygen atoms in total. The van der Waals surface area contributed by atoms with Crippen LogP contribution in [-0.4, -0.2) is 18.8 Å². The van der Waals surface area contributed by atoms with Crippen molar-refractivity contribution in [3.63, 3.8) is 0 Å². The third-order valence-corrected chi connectivity index (χ3v) is 5.69. The zero-order valence-electron chi connectivity index (χ0n) is 12.5. The zero-order valence-corrected chi connectivity index (χ0v) is 14.9. The van der Waals surface area contributed by atoms with Crippen molar-refractivity contribution in [2.75, 3.05) is 0 Å². The SMILES string of the molecule is Cc1ccc(CN(C(C)C)S(=O)(=O)c2cc(Br)ccc2F)o1. The average Bonchev–Trinajstić information content (AvgIpc) is 2.83. The number of furan rings is 1. The maximum absolute atomic E-state index is 14.0. The van der Waals surface area contributed by atoms with E-state index >= 15 is 0 Å². The van der Waals surface area contributed by atoms with Crippen molar-refractivity contribution >= 4 is 26.0 Å². The number of aryl methyl sites for hydroxylation is 1. The van der Waals surface area contributed by atoms with Crippen molar-refractivity contribution in [1.29, 1.82) is 0 Å². The molecule has 120 valence electrons. The van der Waals surface area contributed by atoms with Gasteiger partial charge in [0.05, 0.1) is 6.54 Å². The molecule has 7 heteroatoms. The summed E-state index contributed by atoms with van der Waals surface area (Å²) < 4.78 is 46.7. The van der Waals surface area contributed by atoms with E-state index in [0.717, 1.165) is 6.07 Å². The summed E-state index contributed by atoms with van der Waals surface area (Å²) in [5.41, 5.74) is 0. The molecule has 0 aliphatic carbocycles. The fraction of sp³-hybridized carbons (Fsp3) is 0.333. The fourth-order valence-electron chi connectivity index (χ4n) is 2.07. The van der Waals surface area contributed by atoms with Crippen molar-refractivity contribution in [3.8, 4) is 0 Å². The molecule has 0 saturated heterocycles. The predicted molar refractivity (Wildman–Crippen MR) is 85.4 cm³/mol. The Morgan fingerprint density at radius 3 is 2.50 bits per heavy atom. The van der Waals surface area contributed by atoms with Gasteiger partial charge in [-0.15, -0.1) is 0 Å². The number of halogens is 2. The Hall–Kier alpha value is -1.18. The summed E-state index contributed by atoms with van der Waals surface area (Å²) in [7, 11) is -3.97. The van der Waals surface area contributed by atoms with Gasteiger partial charge >= 0.3 is 0 Å². The van der Waals surface area contributed by atoms with Gasteiger partial charge in [-0.1, -0.05) is 15.9 Å². The Morgan fingerprint density at radius 1 is 1.27 bits per heavy atom. The van der Waals surface area contributed by atoms with Crippen molar-refractivity contribution in [1.82, 2.24) is 4.31 Å². The number of nitrogens with zero attached hydrogens (tertiary/aromatic N) is 1. The van der Waals surface area contributed by atoms with E-state index in [-0.39, 0.29) is 17.5 Å². The van der Waals surface area contributed by atoms with Crippen LogP contribution in [0.4, 0.5) is 4.39 Å². The molecule has 0 fully saturated rings. The van der Waals surface area contributed by atoms with Crippen LogP contribution in [0.2, 0.25) is 0 Å². The lowest BCUT2D eigenvalue weighted by molar-refractivity contribution is 0.313. The molecule has 0 unspecified atom stereocenters. The van der Waals surface area contributed by atoms with E-state index in [4.69, 9.17) is 4.42 Å². The van der Waals surface area contributed by atoms with Crippen LogP contribution in [0.15, 0.2) is 44.1 Å². The Balaban J connectivity index is 2.44. The average molecular weight is 390 g/mol. The largest absolute Gasteiger partial charge is 0.465 e. The van der Waals surface area contributed by atoms with E-state index in [1.54, 1.807) is 32.9 Å². The Kier molecular flexibility index (Phi) is 5.09. The molecule has 1 heterocycles. The Morgan fingerprint density at radius 2 is 1.95 bits per heavy atom. The van der Waals surface area contributed by atoms with Gasteiger partial charge in [0, 0.05) is 10.5 Å². The quantitative estimate of drug-likeness (QED) is 0.773. The second-order valence-corrected chi connectivity index (χ2v) is 8.01. The first-order valence-electron chi connectivity index (χ1n) is 6.74. The minimum absolute atomic E-state index is 0.0554. The Labute approximate surface area is 138 Å². The topological polar surface area (TPSA) is 50.5 Å². The van der Waals surface area contributed by atoms with Crippen molar-refractivity contribution < 1.29 is 17.2 Å². The van der Waals surface area contributed by atoms with E-state index < -0.39 is 15.8 Å². The van der Waals surface area contributed by atoms with Crippen LogP contribution in [0.5, 0.6) is 0 Å². The first kappa shape index (κ1) is 17.2. The minimum atomic E-state index is -3.97. The molecule has 1 aromatic heterocycles. The van der Waals surface area contributed by atoms with E-state index in [1.807, 2.05) is 0 Å². The molecule has 1 aromatic carbocycles. The first-order valence-corrected chi connectivity index (χ1v) is 8.97. The van der Waals surface area contributed by atoms with Crippen LogP contribution >= 0.6 is 15.9 Å². The maximum Gasteiger partial charge on any atom is 0.246 e. The van der Waals surface area contributed by atoms with E-state index in [9.17, 15) is 12.8 Å². The summed E-state index contributed by atoms with van der Waals surface area (Å²) in [4.78, 5) is -0.348. The van der Waals surface area contributed by atoms with Gasteiger partial charge in [0.25, 0.3) is 0 Å². The highest BCUT2D eigenvalue weighted by Gasteiger charge is 2.30. The van der Waals surface area contributed by atoms with Crippen molar-refractivity contribution in [3.05, 3.63) is 52.1 Å². The smallest absolute Gasteiger partial charge is 0.246 e. The fourth-order valence-corrected chi connectivity index (χ4v) is 4.28. The predicted octanol–water partition coefficient (Wildman–Crippen LogP) is 4.09. The summed E-state index contributed by atoms with van der Waals surface area (Å²) in [5, 5.41) is 0. The molecule has 22 heavy (non-hydrogen) atoms. The minimum Gasteiger partial charge on any atom is -0.465 e. The normalized spacial score (nSPS) is 12.3. The summed E-state index contributed by atoms with van der Waals surface area (Å²) in [5.74, 6) is 0.444. The number of hydrogen-bond donors (Lipinski definition) is 0. The summed E-state index contributed by atoms with van der Waals surface area (Å²) in [6.07, 6.45) is 0. The van der Waals surface area contributed by atoms with Crippen LogP contribution in [0.25, 0.3) is 0 Å². The lowest BCUT2D eigenvalue weighted by atomic mass is 10.3. The third-order valence-electron chi connectivity index (χ3n) is 3.16. The zero-order chi connectivity index (χ0) is 16.5. The van der Waals surface area contributed by atoms with Crippen LogP contribution in [0, 0.1) is 12.7 Å². The van der Waals surface area contributed by atoms with E-state index in [1.165, 1.54) is 16.4 Å². The molecule has 0 saturated carbocycles. The Bertz CT molecular complexity index is 771. The molecule has 0 aliphatic rings. The highest BCUT2D eigenvalue weighted by molar-refractivity contribution is 9.10. The molecule has 0 atom stereocenters. The first-order chi connectivity index (χ1) is 10.2. The van der Waals surface area contributed by atoms with Crippen molar-refractivity contribution in [2.45, 2.75) is 38.3 Å². The van der Waals surface area contributed by atoms with Crippen LogP contribution in [-0.2, 0) is 16.6 Å². The molecule has 0 aliphatic heterocycles. The van der Waals surface area contributed by atoms with Crippen LogP contribution in [0.1, 0.15) is 25.4 Å². The molecule has 2 rings (SSSR count). The summed E-state index contributed by atoms with van der Waals surface area (Å²) in [6, 6.07) is 7.01. The van der Waals surface area contributed by atoms with Gasteiger partial charge < -0.3 is 4.42 Å². The third kappa shape index (κ3) is 3.59. The molecule has 0 N–H and O–H groups in total. The maximum atomic E-state index is 14.0. The standard InChI is InChI=1S/C15H17BrFNO3S/c1-10(2)18(9-13-6-4-11(3)21-13)22(19,20)15-8-12(16)5-7-14(15)17/h4-8,10H,9H2,1-3H3. The molecular weight excluding hydrogens is 373 g/mol. The van der Waals surface area contributed by atoms with Gasteiger partial charge in [-0.2, -0.15) is 4.31 Å². The number of hydrogen-bond acceptors (Lipinski definition) is 3. The molecular formula is C15H17BrFNO3S.